The van der Waals surface area contributed by atoms with Crippen molar-refractivity contribution < 1.29 is 9.26 Å². The Hall–Kier alpha value is -1.21. The number of thiophene rings is 1. The molecule has 26 heavy (non-hydrogen) atoms. The van der Waals surface area contributed by atoms with E-state index in [-0.39, 0.29) is 0 Å². The van der Waals surface area contributed by atoms with E-state index in [1.807, 2.05) is 25.4 Å². The second-order valence-corrected chi connectivity index (χ2v) is 9.00. The van der Waals surface area contributed by atoms with Crippen LogP contribution in [0.3, 0.4) is 0 Å². The first-order chi connectivity index (χ1) is 12.7. The van der Waals surface area contributed by atoms with Crippen LogP contribution in [0.4, 0.5) is 0 Å². The van der Waals surface area contributed by atoms with Gasteiger partial charge in [-0.25, -0.2) is 0 Å². The summed E-state index contributed by atoms with van der Waals surface area (Å²) in [7, 11) is 1.84. The fraction of sp³-hybridized carbons (Fsp3) is 0.650. The molecule has 4 rings (SSSR count). The lowest BCUT2D eigenvalue weighted by molar-refractivity contribution is 0.0344. The minimum atomic E-state index is 0.406. The molecule has 0 unspecified atom stereocenters. The van der Waals surface area contributed by atoms with Crippen molar-refractivity contribution in [3.05, 3.63) is 39.9 Å². The Labute approximate surface area is 159 Å². The van der Waals surface area contributed by atoms with Gasteiger partial charge in [0.05, 0.1) is 12.3 Å². The lowest BCUT2D eigenvalue weighted by atomic mass is 9.71. The number of nitrogens with zero attached hydrogens (tertiary/aromatic N) is 3. The zero-order chi connectivity index (χ0) is 18.0. The van der Waals surface area contributed by atoms with Gasteiger partial charge in [-0.15, -0.1) is 11.3 Å². The second kappa shape index (κ2) is 7.80. The van der Waals surface area contributed by atoms with E-state index in [1.54, 1.807) is 0 Å². The molecule has 0 N–H and O–H groups in total. The van der Waals surface area contributed by atoms with Gasteiger partial charge in [0.15, 0.2) is 0 Å². The van der Waals surface area contributed by atoms with E-state index < -0.39 is 0 Å². The first kappa shape index (κ1) is 18.2. The predicted molar refractivity (Wildman–Crippen MR) is 103 cm³/mol. The highest BCUT2D eigenvalue weighted by Gasteiger charge is 2.47. The van der Waals surface area contributed by atoms with Gasteiger partial charge in [-0.3, -0.25) is 9.80 Å². The third-order valence-electron chi connectivity index (χ3n) is 6.12. The van der Waals surface area contributed by atoms with Crippen LogP contribution in [0.25, 0.3) is 0 Å². The zero-order valence-corrected chi connectivity index (χ0v) is 16.6. The van der Waals surface area contributed by atoms with E-state index in [0.29, 0.717) is 11.3 Å². The Morgan fingerprint density at radius 3 is 2.81 bits per heavy atom. The van der Waals surface area contributed by atoms with Crippen LogP contribution in [0, 0.1) is 18.3 Å². The zero-order valence-electron chi connectivity index (χ0n) is 15.8. The minimum Gasteiger partial charge on any atom is -0.384 e. The molecule has 2 aliphatic heterocycles. The maximum atomic E-state index is 5.60. The smallest absolute Gasteiger partial charge is 0.133 e. The van der Waals surface area contributed by atoms with Crippen LogP contribution in [0.5, 0.6) is 0 Å². The van der Waals surface area contributed by atoms with Gasteiger partial charge in [-0.1, -0.05) is 11.2 Å². The number of likely N-dealkylation sites (tertiary alicyclic amines) is 2. The number of hydrogen-bond donors (Lipinski definition) is 0. The van der Waals surface area contributed by atoms with Gasteiger partial charge >= 0.3 is 0 Å². The van der Waals surface area contributed by atoms with Crippen molar-refractivity contribution in [1.29, 1.82) is 0 Å². The molecule has 0 aromatic carbocycles. The van der Waals surface area contributed by atoms with Gasteiger partial charge < -0.3 is 9.26 Å². The Balaban J connectivity index is 1.38. The molecule has 2 aromatic rings. The highest BCUT2D eigenvalue weighted by atomic mass is 32.1. The summed E-state index contributed by atoms with van der Waals surface area (Å²) in [6, 6.07) is 6.46. The highest BCUT2D eigenvalue weighted by Crippen LogP contribution is 2.45. The average Bonchev–Trinajstić information content (AvgIpc) is 3.34. The van der Waals surface area contributed by atoms with Crippen LogP contribution in [0.2, 0.25) is 0 Å². The molecule has 2 fully saturated rings. The molecule has 1 atom stereocenters. The van der Waals surface area contributed by atoms with Crippen molar-refractivity contribution in [2.75, 3.05) is 39.9 Å². The quantitative estimate of drug-likeness (QED) is 0.774. The van der Waals surface area contributed by atoms with Gasteiger partial charge in [0.25, 0.3) is 0 Å². The largest absolute Gasteiger partial charge is 0.384 e. The van der Waals surface area contributed by atoms with E-state index in [0.717, 1.165) is 50.8 Å². The predicted octanol–water partition coefficient (Wildman–Crippen LogP) is 3.41. The van der Waals surface area contributed by atoms with Gasteiger partial charge in [-0.2, -0.15) is 0 Å². The molecule has 5 nitrogen and oxygen atoms in total. The number of aromatic nitrogens is 1. The maximum Gasteiger partial charge on any atom is 0.133 e. The summed E-state index contributed by atoms with van der Waals surface area (Å²) in [5.74, 6) is 1.54. The van der Waals surface area contributed by atoms with Crippen molar-refractivity contribution in [3.8, 4) is 0 Å². The summed E-state index contributed by atoms with van der Waals surface area (Å²) < 4.78 is 10.8. The summed E-state index contributed by atoms with van der Waals surface area (Å²) in [6.07, 6.45) is 2.50. The van der Waals surface area contributed by atoms with Crippen LogP contribution in [0.15, 0.2) is 28.1 Å². The van der Waals surface area contributed by atoms with Gasteiger partial charge in [0, 0.05) is 50.2 Å². The standard InChI is InChI=1S/C20H29N3O2S/c1-16-10-18(21-25-16)12-22-7-5-20(6-8-22)15-23(11-17(20)14-24-2)13-19-4-3-9-26-19/h3-4,9-10,17H,5-8,11-15H2,1-2H3/t17-/m0/s1. The Morgan fingerprint density at radius 1 is 1.31 bits per heavy atom. The number of hydrogen-bond acceptors (Lipinski definition) is 6. The van der Waals surface area contributed by atoms with Crippen molar-refractivity contribution >= 4 is 11.3 Å². The molecule has 4 heterocycles. The highest BCUT2D eigenvalue weighted by molar-refractivity contribution is 7.09. The number of aryl methyl sites for hydroxylation is 1. The minimum absolute atomic E-state index is 0.406. The first-order valence-corrected chi connectivity index (χ1v) is 10.4. The van der Waals surface area contributed by atoms with Crippen LogP contribution in [-0.4, -0.2) is 54.9 Å². The monoisotopic (exact) mass is 375 g/mol. The lowest BCUT2D eigenvalue weighted by Gasteiger charge is -2.42. The molecule has 0 radical (unpaired) electrons. The third kappa shape index (κ3) is 3.88. The number of rotatable bonds is 6. The van der Waals surface area contributed by atoms with Crippen LogP contribution >= 0.6 is 11.3 Å². The lowest BCUT2D eigenvalue weighted by Crippen LogP contribution is -2.44. The molecule has 2 saturated heterocycles. The Bertz CT molecular complexity index is 692. The van der Waals surface area contributed by atoms with E-state index in [1.165, 1.54) is 24.3 Å². The molecule has 0 saturated carbocycles. The topological polar surface area (TPSA) is 41.7 Å². The van der Waals surface area contributed by atoms with Gasteiger partial charge in [-0.05, 0) is 49.7 Å². The van der Waals surface area contributed by atoms with E-state index >= 15 is 0 Å². The molecule has 0 aliphatic carbocycles. The van der Waals surface area contributed by atoms with Gasteiger partial charge in [0.1, 0.15) is 5.76 Å². The van der Waals surface area contributed by atoms with E-state index in [9.17, 15) is 0 Å². The van der Waals surface area contributed by atoms with Crippen molar-refractivity contribution in [2.45, 2.75) is 32.9 Å². The average molecular weight is 376 g/mol. The van der Waals surface area contributed by atoms with Crippen LogP contribution in [-0.2, 0) is 17.8 Å². The molecule has 142 valence electrons. The Kier molecular flexibility index (Phi) is 5.45. The number of piperidine rings is 1. The third-order valence-corrected chi connectivity index (χ3v) is 6.99. The second-order valence-electron chi connectivity index (χ2n) is 7.97. The molecule has 1 spiro atoms. The van der Waals surface area contributed by atoms with E-state index in [2.05, 4.69) is 38.5 Å². The summed E-state index contributed by atoms with van der Waals surface area (Å²) in [4.78, 5) is 6.64. The van der Waals surface area contributed by atoms with Crippen molar-refractivity contribution in [2.24, 2.45) is 11.3 Å². The maximum absolute atomic E-state index is 5.60. The molecular formula is C20H29N3O2S. The SMILES string of the molecule is COC[C@@H]1CN(Cc2cccs2)CC12CCN(Cc1cc(C)on1)CC2. The first-order valence-electron chi connectivity index (χ1n) is 9.55. The normalized spacial score (nSPS) is 23.8. The van der Waals surface area contributed by atoms with Gasteiger partial charge in [0.2, 0.25) is 0 Å². The van der Waals surface area contributed by atoms with Crippen LogP contribution < -0.4 is 0 Å². The van der Waals surface area contributed by atoms with E-state index in [4.69, 9.17) is 9.26 Å². The van der Waals surface area contributed by atoms with Crippen LogP contribution in [0.1, 0.15) is 29.2 Å². The molecule has 0 bridgehead atoms. The molecule has 2 aliphatic rings. The molecule has 2 aromatic heterocycles. The Morgan fingerprint density at radius 2 is 2.15 bits per heavy atom. The van der Waals surface area contributed by atoms with Crippen molar-refractivity contribution in [1.82, 2.24) is 15.0 Å². The summed E-state index contributed by atoms with van der Waals surface area (Å²) >= 11 is 1.87. The van der Waals surface area contributed by atoms with Crippen molar-refractivity contribution in [3.63, 3.8) is 0 Å². The fourth-order valence-electron chi connectivity index (χ4n) is 4.76. The summed E-state index contributed by atoms with van der Waals surface area (Å²) in [5.41, 5.74) is 1.46. The fourth-order valence-corrected chi connectivity index (χ4v) is 5.51. The summed E-state index contributed by atoms with van der Waals surface area (Å²) in [5, 5.41) is 6.33. The molecule has 0 amide bonds. The summed E-state index contributed by atoms with van der Waals surface area (Å²) in [6.45, 7) is 9.46. The number of methoxy groups -OCH3 is 1. The molecular weight excluding hydrogens is 346 g/mol. The number of ether oxygens (including phenoxy) is 1. The molecule has 6 heteroatoms.